The summed E-state index contributed by atoms with van der Waals surface area (Å²) in [5.74, 6) is 1.51. The Kier molecular flexibility index (Phi) is 2.43. The first-order chi connectivity index (χ1) is 5.69. The number of methoxy groups -OCH3 is 2. The molecule has 3 nitrogen and oxygen atoms in total. The lowest BCUT2D eigenvalue weighted by Gasteiger charge is -2.10. The van der Waals surface area contributed by atoms with Gasteiger partial charge in [0, 0.05) is 23.4 Å². The number of hydrogen-bond acceptors (Lipinski definition) is 3. The molecule has 0 aliphatic carbocycles. The van der Waals surface area contributed by atoms with Crippen LogP contribution in [-0.2, 0) is 0 Å². The van der Waals surface area contributed by atoms with E-state index in [1.807, 2.05) is 6.92 Å². The molecule has 0 saturated carbocycles. The number of ether oxygens (including phenoxy) is 2. The molecule has 1 aromatic carbocycles. The molecule has 0 fully saturated rings. The molecule has 0 aromatic heterocycles. The van der Waals surface area contributed by atoms with E-state index in [4.69, 9.17) is 15.2 Å². The molecule has 12 heavy (non-hydrogen) atoms. The van der Waals surface area contributed by atoms with Crippen molar-refractivity contribution in [1.29, 1.82) is 0 Å². The third-order valence-electron chi connectivity index (χ3n) is 1.77. The Bertz CT molecular complexity index is 259. The standard InChI is InChI=1S/C9H13NO2/c1-6-8(11-2)4-7(10)5-9(6)12-3/h4-5H,10H2,1-3H3. The minimum absolute atomic E-state index is 0.648. The Labute approximate surface area is 72.1 Å². The lowest BCUT2D eigenvalue weighted by atomic mass is 10.2. The van der Waals surface area contributed by atoms with Gasteiger partial charge in [-0.2, -0.15) is 0 Å². The van der Waals surface area contributed by atoms with Gasteiger partial charge in [0.2, 0.25) is 0 Å². The summed E-state index contributed by atoms with van der Waals surface area (Å²) in [7, 11) is 3.22. The third kappa shape index (κ3) is 1.44. The van der Waals surface area contributed by atoms with Crippen molar-refractivity contribution in [2.75, 3.05) is 20.0 Å². The molecule has 0 aliphatic heterocycles. The van der Waals surface area contributed by atoms with Crippen LogP contribution in [-0.4, -0.2) is 14.2 Å². The van der Waals surface area contributed by atoms with Crippen LogP contribution >= 0.6 is 0 Å². The van der Waals surface area contributed by atoms with Crippen LogP contribution in [0.3, 0.4) is 0 Å². The van der Waals surface area contributed by atoms with Gasteiger partial charge in [0.15, 0.2) is 0 Å². The average molecular weight is 167 g/mol. The molecule has 1 rings (SSSR count). The zero-order valence-electron chi connectivity index (χ0n) is 7.55. The molecule has 0 spiro atoms. The predicted octanol–water partition coefficient (Wildman–Crippen LogP) is 1.59. The summed E-state index contributed by atoms with van der Waals surface area (Å²) < 4.78 is 10.2. The quantitative estimate of drug-likeness (QED) is 0.680. The van der Waals surface area contributed by atoms with Crippen LogP contribution in [0.2, 0.25) is 0 Å². The van der Waals surface area contributed by atoms with E-state index in [0.29, 0.717) is 5.69 Å². The fraction of sp³-hybridized carbons (Fsp3) is 0.333. The molecule has 0 unspecified atom stereocenters. The van der Waals surface area contributed by atoms with E-state index in [-0.39, 0.29) is 0 Å². The van der Waals surface area contributed by atoms with Gasteiger partial charge in [-0.25, -0.2) is 0 Å². The monoisotopic (exact) mass is 167 g/mol. The molecule has 0 radical (unpaired) electrons. The lowest BCUT2D eigenvalue weighted by Crippen LogP contribution is -1.95. The average Bonchev–Trinajstić information content (AvgIpc) is 2.08. The first-order valence-corrected chi connectivity index (χ1v) is 3.67. The van der Waals surface area contributed by atoms with Crippen molar-refractivity contribution >= 4 is 5.69 Å². The number of hydrogen-bond donors (Lipinski definition) is 1. The van der Waals surface area contributed by atoms with Crippen molar-refractivity contribution in [3.05, 3.63) is 17.7 Å². The highest BCUT2D eigenvalue weighted by atomic mass is 16.5. The highest BCUT2D eigenvalue weighted by Gasteiger charge is 2.05. The summed E-state index contributed by atoms with van der Waals surface area (Å²) in [6.07, 6.45) is 0. The molecule has 0 bridgehead atoms. The highest BCUT2D eigenvalue weighted by Crippen LogP contribution is 2.30. The number of nitrogens with two attached hydrogens (primary N) is 1. The van der Waals surface area contributed by atoms with Gasteiger partial charge < -0.3 is 15.2 Å². The second kappa shape index (κ2) is 3.34. The molecule has 0 saturated heterocycles. The van der Waals surface area contributed by atoms with Crippen molar-refractivity contribution in [2.24, 2.45) is 0 Å². The molecule has 2 N–H and O–H groups in total. The summed E-state index contributed by atoms with van der Waals surface area (Å²) in [6.45, 7) is 1.93. The summed E-state index contributed by atoms with van der Waals surface area (Å²) in [6, 6.07) is 3.55. The lowest BCUT2D eigenvalue weighted by molar-refractivity contribution is 0.389. The minimum atomic E-state index is 0.648. The largest absolute Gasteiger partial charge is 0.496 e. The van der Waals surface area contributed by atoms with Gasteiger partial charge in [-0.05, 0) is 6.92 Å². The van der Waals surface area contributed by atoms with E-state index in [0.717, 1.165) is 17.1 Å². The maximum atomic E-state index is 5.62. The van der Waals surface area contributed by atoms with Crippen molar-refractivity contribution < 1.29 is 9.47 Å². The number of nitrogen functional groups attached to an aromatic ring is 1. The molecule has 1 aromatic rings. The normalized spacial score (nSPS) is 9.58. The topological polar surface area (TPSA) is 44.5 Å². The summed E-state index contributed by atoms with van der Waals surface area (Å²) in [4.78, 5) is 0. The Morgan fingerprint density at radius 1 is 1.08 bits per heavy atom. The fourth-order valence-corrected chi connectivity index (χ4v) is 1.11. The van der Waals surface area contributed by atoms with Gasteiger partial charge in [0.05, 0.1) is 14.2 Å². The van der Waals surface area contributed by atoms with Crippen LogP contribution in [0.5, 0.6) is 11.5 Å². The zero-order chi connectivity index (χ0) is 9.14. The van der Waals surface area contributed by atoms with Gasteiger partial charge in [0.25, 0.3) is 0 Å². The van der Waals surface area contributed by atoms with E-state index in [1.165, 1.54) is 0 Å². The van der Waals surface area contributed by atoms with Crippen molar-refractivity contribution in [2.45, 2.75) is 6.92 Å². The summed E-state index contributed by atoms with van der Waals surface area (Å²) in [5, 5.41) is 0. The SMILES string of the molecule is COc1cc(N)cc(OC)c1C. The molecule has 3 heteroatoms. The fourth-order valence-electron chi connectivity index (χ4n) is 1.11. The number of benzene rings is 1. The summed E-state index contributed by atoms with van der Waals surface area (Å²) in [5.41, 5.74) is 7.23. The van der Waals surface area contributed by atoms with Gasteiger partial charge >= 0.3 is 0 Å². The van der Waals surface area contributed by atoms with Crippen LogP contribution in [0.15, 0.2) is 12.1 Å². The van der Waals surface area contributed by atoms with E-state index >= 15 is 0 Å². The van der Waals surface area contributed by atoms with Gasteiger partial charge in [0.1, 0.15) is 11.5 Å². The van der Waals surface area contributed by atoms with Crippen LogP contribution in [0, 0.1) is 6.92 Å². The minimum Gasteiger partial charge on any atom is -0.496 e. The molecule has 0 aliphatic rings. The van der Waals surface area contributed by atoms with Gasteiger partial charge in [-0.3, -0.25) is 0 Å². The molecular weight excluding hydrogens is 154 g/mol. The van der Waals surface area contributed by atoms with Gasteiger partial charge in [-0.15, -0.1) is 0 Å². The smallest absolute Gasteiger partial charge is 0.127 e. The van der Waals surface area contributed by atoms with Crippen molar-refractivity contribution in [1.82, 2.24) is 0 Å². The molecule has 66 valence electrons. The van der Waals surface area contributed by atoms with Crippen LogP contribution in [0.4, 0.5) is 5.69 Å². The Hall–Kier alpha value is -1.38. The predicted molar refractivity (Wildman–Crippen MR) is 48.7 cm³/mol. The Balaban J connectivity index is 3.22. The second-order valence-corrected chi connectivity index (χ2v) is 2.55. The number of rotatable bonds is 2. The molecular formula is C9H13NO2. The second-order valence-electron chi connectivity index (χ2n) is 2.55. The van der Waals surface area contributed by atoms with Gasteiger partial charge in [-0.1, -0.05) is 0 Å². The number of anilines is 1. The van der Waals surface area contributed by atoms with Crippen LogP contribution < -0.4 is 15.2 Å². The van der Waals surface area contributed by atoms with E-state index in [2.05, 4.69) is 0 Å². The Morgan fingerprint density at radius 2 is 1.50 bits per heavy atom. The summed E-state index contributed by atoms with van der Waals surface area (Å²) >= 11 is 0. The maximum Gasteiger partial charge on any atom is 0.127 e. The molecule has 0 amide bonds. The van der Waals surface area contributed by atoms with Crippen LogP contribution in [0.1, 0.15) is 5.56 Å². The Morgan fingerprint density at radius 3 is 1.83 bits per heavy atom. The highest BCUT2D eigenvalue weighted by molar-refractivity contribution is 5.55. The molecule has 0 heterocycles. The third-order valence-corrected chi connectivity index (χ3v) is 1.77. The first kappa shape index (κ1) is 8.71. The van der Waals surface area contributed by atoms with Crippen molar-refractivity contribution in [3.63, 3.8) is 0 Å². The first-order valence-electron chi connectivity index (χ1n) is 3.67. The maximum absolute atomic E-state index is 5.62. The van der Waals surface area contributed by atoms with E-state index in [9.17, 15) is 0 Å². The van der Waals surface area contributed by atoms with Crippen LogP contribution in [0.25, 0.3) is 0 Å². The molecule has 0 atom stereocenters. The zero-order valence-corrected chi connectivity index (χ0v) is 7.55. The van der Waals surface area contributed by atoms with E-state index in [1.54, 1.807) is 26.4 Å². The van der Waals surface area contributed by atoms with E-state index < -0.39 is 0 Å². The van der Waals surface area contributed by atoms with Crippen molar-refractivity contribution in [3.8, 4) is 11.5 Å².